The molecule has 1 aromatic rings. The van der Waals surface area contributed by atoms with Gasteiger partial charge in [0.25, 0.3) is 0 Å². The van der Waals surface area contributed by atoms with Gasteiger partial charge in [0, 0.05) is 6.04 Å². The smallest absolute Gasteiger partial charge is 0.221 e. The molecule has 3 nitrogen and oxygen atoms in total. The van der Waals surface area contributed by atoms with Crippen LogP contribution in [0.15, 0.2) is 24.3 Å². The van der Waals surface area contributed by atoms with E-state index in [2.05, 4.69) is 0 Å². The third kappa shape index (κ3) is 2.87. The van der Waals surface area contributed by atoms with E-state index in [1.165, 1.54) is 0 Å². The van der Waals surface area contributed by atoms with Crippen LogP contribution >= 0.6 is 0 Å². The lowest BCUT2D eigenvalue weighted by atomic mass is 10.1. The molecule has 0 bridgehead atoms. The summed E-state index contributed by atoms with van der Waals surface area (Å²) in [5, 5.41) is 0. The van der Waals surface area contributed by atoms with Crippen LogP contribution in [0.3, 0.4) is 0 Å². The molecule has 0 heterocycles. The molecule has 0 radical (unpaired) electrons. The van der Waals surface area contributed by atoms with E-state index >= 15 is 0 Å². The molecule has 13 heavy (non-hydrogen) atoms. The highest BCUT2D eigenvalue weighted by Gasteiger charge is 2.00. The highest BCUT2D eigenvalue weighted by Crippen LogP contribution is 2.10. The van der Waals surface area contributed by atoms with Crippen LogP contribution in [-0.2, 0) is 11.2 Å². The van der Waals surface area contributed by atoms with Crippen molar-refractivity contribution in [1.29, 1.82) is 0 Å². The molecule has 3 heteroatoms. The van der Waals surface area contributed by atoms with Crippen molar-refractivity contribution < 1.29 is 4.79 Å². The van der Waals surface area contributed by atoms with E-state index in [0.29, 0.717) is 6.42 Å². The van der Waals surface area contributed by atoms with Crippen LogP contribution in [0.1, 0.15) is 24.1 Å². The molecule has 1 rings (SSSR count). The summed E-state index contributed by atoms with van der Waals surface area (Å²) in [6.45, 7) is 1.92. The Balaban J connectivity index is 2.75. The molecule has 0 aliphatic rings. The Kier molecular flexibility index (Phi) is 3.03. The number of nitrogens with two attached hydrogens (primary N) is 2. The van der Waals surface area contributed by atoms with Gasteiger partial charge in [-0.1, -0.05) is 24.3 Å². The second-order valence-corrected chi connectivity index (χ2v) is 3.17. The molecule has 1 amide bonds. The fraction of sp³-hybridized carbons (Fsp3) is 0.300. The number of carbonyl (C=O) groups is 1. The summed E-state index contributed by atoms with van der Waals surface area (Å²) < 4.78 is 0. The van der Waals surface area contributed by atoms with E-state index in [-0.39, 0.29) is 11.9 Å². The number of rotatable bonds is 3. The Labute approximate surface area is 77.7 Å². The van der Waals surface area contributed by atoms with Crippen molar-refractivity contribution in [2.24, 2.45) is 11.5 Å². The second kappa shape index (κ2) is 4.05. The second-order valence-electron chi connectivity index (χ2n) is 3.17. The van der Waals surface area contributed by atoms with Crippen LogP contribution in [-0.4, -0.2) is 5.91 Å². The molecular formula is C10H14N2O. The summed E-state index contributed by atoms with van der Waals surface area (Å²) in [6, 6.07) is 7.63. The summed E-state index contributed by atoms with van der Waals surface area (Å²) in [4.78, 5) is 10.6. The number of hydrogen-bond donors (Lipinski definition) is 2. The van der Waals surface area contributed by atoms with Gasteiger partial charge in [0.2, 0.25) is 5.91 Å². The van der Waals surface area contributed by atoms with Crippen LogP contribution in [0.4, 0.5) is 0 Å². The number of hydrogen-bond acceptors (Lipinski definition) is 2. The van der Waals surface area contributed by atoms with Gasteiger partial charge >= 0.3 is 0 Å². The van der Waals surface area contributed by atoms with Crippen molar-refractivity contribution >= 4 is 5.91 Å². The molecule has 1 aromatic carbocycles. The van der Waals surface area contributed by atoms with E-state index in [1.54, 1.807) is 0 Å². The first-order chi connectivity index (χ1) is 6.09. The zero-order valence-electron chi connectivity index (χ0n) is 7.66. The summed E-state index contributed by atoms with van der Waals surface area (Å²) in [5.74, 6) is -0.312. The molecule has 0 aliphatic heterocycles. The number of amides is 1. The summed E-state index contributed by atoms with van der Waals surface area (Å²) in [7, 11) is 0. The zero-order chi connectivity index (χ0) is 9.84. The van der Waals surface area contributed by atoms with E-state index in [9.17, 15) is 4.79 Å². The van der Waals surface area contributed by atoms with Gasteiger partial charge in [0.05, 0.1) is 6.42 Å². The quantitative estimate of drug-likeness (QED) is 0.716. The number of carbonyl (C=O) groups excluding carboxylic acids is 1. The topological polar surface area (TPSA) is 69.1 Å². The Morgan fingerprint density at radius 2 is 1.92 bits per heavy atom. The summed E-state index contributed by atoms with van der Waals surface area (Å²) in [5.41, 5.74) is 12.7. The zero-order valence-corrected chi connectivity index (χ0v) is 7.66. The number of primary amides is 1. The first-order valence-electron chi connectivity index (χ1n) is 4.22. The highest BCUT2D eigenvalue weighted by atomic mass is 16.1. The van der Waals surface area contributed by atoms with E-state index in [1.807, 2.05) is 31.2 Å². The van der Waals surface area contributed by atoms with Crippen LogP contribution in [0.5, 0.6) is 0 Å². The Hall–Kier alpha value is -1.35. The van der Waals surface area contributed by atoms with Gasteiger partial charge in [-0.05, 0) is 18.1 Å². The lowest BCUT2D eigenvalue weighted by Crippen LogP contribution is -2.13. The molecule has 0 fully saturated rings. The van der Waals surface area contributed by atoms with Crippen molar-refractivity contribution in [3.05, 3.63) is 35.4 Å². The molecule has 4 N–H and O–H groups in total. The standard InChI is InChI=1S/C10H14N2O/c1-7(11)9-4-2-8(3-5-9)6-10(12)13/h2-5,7H,6,11H2,1H3,(H2,12,13). The van der Waals surface area contributed by atoms with Gasteiger partial charge in [0.15, 0.2) is 0 Å². The Morgan fingerprint density at radius 1 is 1.38 bits per heavy atom. The van der Waals surface area contributed by atoms with Crippen molar-refractivity contribution in [3.63, 3.8) is 0 Å². The van der Waals surface area contributed by atoms with Gasteiger partial charge in [-0.15, -0.1) is 0 Å². The lowest BCUT2D eigenvalue weighted by molar-refractivity contribution is -0.117. The molecular weight excluding hydrogens is 164 g/mol. The van der Waals surface area contributed by atoms with Crippen molar-refractivity contribution in [3.8, 4) is 0 Å². The normalized spacial score (nSPS) is 12.5. The van der Waals surface area contributed by atoms with Gasteiger partial charge in [-0.25, -0.2) is 0 Å². The van der Waals surface area contributed by atoms with Gasteiger partial charge < -0.3 is 11.5 Å². The van der Waals surface area contributed by atoms with E-state index < -0.39 is 0 Å². The third-order valence-corrected chi connectivity index (χ3v) is 1.88. The molecule has 0 aliphatic carbocycles. The molecule has 0 saturated carbocycles. The fourth-order valence-corrected chi connectivity index (χ4v) is 1.14. The van der Waals surface area contributed by atoms with Crippen LogP contribution in [0, 0.1) is 0 Å². The average Bonchev–Trinajstić information content (AvgIpc) is 2.04. The monoisotopic (exact) mass is 178 g/mol. The SMILES string of the molecule is CC(N)c1ccc(CC(N)=O)cc1. The van der Waals surface area contributed by atoms with Crippen LogP contribution in [0.25, 0.3) is 0 Å². The maximum absolute atomic E-state index is 10.6. The van der Waals surface area contributed by atoms with Gasteiger partial charge in [-0.3, -0.25) is 4.79 Å². The predicted molar refractivity (Wildman–Crippen MR) is 51.9 cm³/mol. The molecule has 1 unspecified atom stereocenters. The minimum atomic E-state index is -0.312. The highest BCUT2D eigenvalue weighted by molar-refractivity contribution is 5.76. The minimum absolute atomic E-state index is 0.0302. The molecule has 1 atom stereocenters. The average molecular weight is 178 g/mol. The third-order valence-electron chi connectivity index (χ3n) is 1.88. The van der Waals surface area contributed by atoms with Crippen molar-refractivity contribution in [2.45, 2.75) is 19.4 Å². The van der Waals surface area contributed by atoms with Crippen LogP contribution < -0.4 is 11.5 Å². The van der Waals surface area contributed by atoms with E-state index in [0.717, 1.165) is 11.1 Å². The maximum Gasteiger partial charge on any atom is 0.221 e. The Morgan fingerprint density at radius 3 is 2.31 bits per heavy atom. The minimum Gasteiger partial charge on any atom is -0.369 e. The largest absolute Gasteiger partial charge is 0.369 e. The summed E-state index contributed by atoms with van der Waals surface area (Å²) in [6.07, 6.45) is 0.291. The van der Waals surface area contributed by atoms with Gasteiger partial charge in [-0.2, -0.15) is 0 Å². The van der Waals surface area contributed by atoms with E-state index in [4.69, 9.17) is 11.5 Å². The Bertz CT molecular complexity index is 290. The molecule has 0 spiro atoms. The first-order valence-corrected chi connectivity index (χ1v) is 4.22. The number of benzene rings is 1. The molecule has 0 saturated heterocycles. The summed E-state index contributed by atoms with van der Waals surface area (Å²) >= 11 is 0. The first kappa shape index (κ1) is 9.74. The molecule has 0 aromatic heterocycles. The van der Waals surface area contributed by atoms with Crippen LogP contribution in [0.2, 0.25) is 0 Å². The maximum atomic E-state index is 10.6. The molecule has 70 valence electrons. The van der Waals surface area contributed by atoms with Crippen molar-refractivity contribution in [1.82, 2.24) is 0 Å². The van der Waals surface area contributed by atoms with Crippen molar-refractivity contribution in [2.75, 3.05) is 0 Å². The predicted octanol–water partition coefficient (Wildman–Crippen LogP) is 0.734. The van der Waals surface area contributed by atoms with Gasteiger partial charge in [0.1, 0.15) is 0 Å². The fourth-order valence-electron chi connectivity index (χ4n) is 1.14. The lowest BCUT2D eigenvalue weighted by Gasteiger charge is -2.05.